The average Bonchev–Trinajstić information content (AvgIpc) is 2.14. The first-order valence-corrected chi connectivity index (χ1v) is 5.92. The number of hydrogen-bond donors (Lipinski definition) is 1. The van der Waals surface area contributed by atoms with Gasteiger partial charge in [-0.25, -0.2) is 0 Å². The molecule has 0 aliphatic carbocycles. The Morgan fingerprint density at radius 2 is 2.06 bits per heavy atom. The molecule has 1 N–H and O–H groups in total. The van der Waals surface area contributed by atoms with E-state index in [0.717, 1.165) is 13.1 Å². The van der Waals surface area contributed by atoms with Crippen molar-refractivity contribution < 1.29 is 9.90 Å². The van der Waals surface area contributed by atoms with Gasteiger partial charge in [-0.05, 0) is 26.8 Å². The minimum absolute atomic E-state index is 0.0537. The number of aliphatic hydroxyl groups is 1. The molecule has 0 aromatic rings. The van der Waals surface area contributed by atoms with E-state index in [1.165, 1.54) is 0 Å². The molecule has 1 saturated heterocycles. The Hall–Kier alpha value is -0.610. The van der Waals surface area contributed by atoms with E-state index in [-0.39, 0.29) is 24.1 Å². The van der Waals surface area contributed by atoms with Crippen molar-refractivity contribution >= 4 is 5.91 Å². The summed E-state index contributed by atoms with van der Waals surface area (Å²) in [4.78, 5) is 16.0. The third-order valence-electron chi connectivity index (χ3n) is 3.36. The minimum atomic E-state index is -0.387. The van der Waals surface area contributed by atoms with Crippen LogP contribution in [0.3, 0.4) is 0 Å². The van der Waals surface area contributed by atoms with Crippen LogP contribution in [0.25, 0.3) is 0 Å². The second-order valence-corrected chi connectivity index (χ2v) is 5.73. The monoisotopic (exact) mass is 228 g/mol. The van der Waals surface area contributed by atoms with Crippen molar-refractivity contribution in [2.45, 2.75) is 39.3 Å². The van der Waals surface area contributed by atoms with E-state index in [0.29, 0.717) is 5.92 Å². The largest absolute Gasteiger partial charge is 0.394 e. The third-order valence-corrected chi connectivity index (χ3v) is 3.36. The second kappa shape index (κ2) is 4.72. The zero-order chi connectivity index (χ0) is 12.5. The van der Waals surface area contributed by atoms with Crippen LogP contribution in [0.1, 0.15) is 27.7 Å². The molecule has 1 fully saturated rings. The maximum absolute atomic E-state index is 12.1. The Bertz CT molecular complexity index is 264. The number of rotatable bonds is 3. The van der Waals surface area contributed by atoms with Crippen LogP contribution >= 0.6 is 0 Å². The van der Waals surface area contributed by atoms with Gasteiger partial charge in [0.15, 0.2) is 0 Å². The number of carbonyl (C=O) groups is 1. The van der Waals surface area contributed by atoms with Gasteiger partial charge in [0.05, 0.1) is 6.61 Å². The summed E-state index contributed by atoms with van der Waals surface area (Å²) >= 11 is 0. The molecule has 0 spiro atoms. The fraction of sp³-hybridized carbons (Fsp3) is 0.917. The van der Waals surface area contributed by atoms with Gasteiger partial charge >= 0.3 is 0 Å². The lowest BCUT2D eigenvalue weighted by Crippen LogP contribution is -2.66. The number of amides is 1. The molecule has 0 aromatic heterocycles. The maximum Gasteiger partial charge on any atom is 0.242 e. The molecule has 0 radical (unpaired) electrons. The highest BCUT2D eigenvalue weighted by atomic mass is 16.3. The van der Waals surface area contributed by atoms with Crippen LogP contribution in [0.4, 0.5) is 0 Å². The van der Waals surface area contributed by atoms with Gasteiger partial charge in [-0.1, -0.05) is 13.8 Å². The summed E-state index contributed by atoms with van der Waals surface area (Å²) in [6.07, 6.45) is 0. The molecule has 94 valence electrons. The smallest absolute Gasteiger partial charge is 0.242 e. The van der Waals surface area contributed by atoms with Crippen molar-refractivity contribution in [1.29, 1.82) is 0 Å². The van der Waals surface area contributed by atoms with Gasteiger partial charge in [-0.15, -0.1) is 0 Å². The molecule has 1 aliphatic rings. The minimum Gasteiger partial charge on any atom is -0.394 e. The Morgan fingerprint density at radius 3 is 2.50 bits per heavy atom. The van der Waals surface area contributed by atoms with Gasteiger partial charge in [0.25, 0.3) is 0 Å². The van der Waals surface area contributed by atoms with Crippen LogP contribution in [-0.4, -0.2) is 59.1 Å². The van der Waals surface area contributed by atoms with Crippen LogP contribution in [0.5, 0.6) is 0 Å². The number of likely N-dealkylation sites (N-methyl/N-ethyl adjacent to an activating group) is 1. The molecule has 1 unspecified atom stereocenters. The molecule has 4 nitrogen and oxygen atoms in total. The first kappa shape index (κ1) is 13.5. The molecule has 16 heavy (non-hydrogen) atoms. The summed E-state index contributed by atoms with van der Waals surface area (Å²) in [5.41, 5.74) is -0.0732. The zero-order valence-electron chi connectivity index (χ0n) is 11.0. The number of aliphatic hydroxyl groups excluding tert-OH is 1. The molecular formula is C12H24N2O2. The van der Waals surface area contributed by atoms with Crippen molar-refractivity contribution in [2.24, 2.45) is 5.92 Å². The van der Waals surface area contributed by atoms with E-state index in [2.05, 4.69) is 27.7 Å². The Kier molecular flexibility index (Phi) is 3.97. The molecule has 0 aromatic carbocycles. The fourth-order valence-electron chi connectivity index (χ4n) is 2.25. The molecule has 1 aliphatic heterocycles. The topological polar surface area (TPSA) is 43.8 Å². The highest BCUT2D eigenvalue weighted by Crippen LogP contribution is 2.24. The molecule has 1 amide bonds. The van der Waals surface area contributed by atoms with Crippen molar-refractivity contribution in [3.63, 3.8) is 0 Å². The second-order valence-electron chi connectivity index (χ2n) is 5.73. The summed E-state index contributed by atoms with van der Waals surface area (Å²) in [7, 11) is 1.91. The lowest BCUT2D eigenvalue weighted by Gasteiger charge is -2.49. The Balaban J connectivity index is 2.86. The van der Waals surface area contributed by atoms with Crippen molar-refractivity contribution in [2.75, 3.05) is 26.7 Å². The molecule has 0 saturated carbocycles. The fourth-order valence-corrected chi connectivity index (χ4v) is 2.25. The van der Waals surface area contributed by atoms with Crippen LogP contribution in [0, 0.1) is 5.92 Å². The molecule has 1 heterocycles. The molecular weight excluding hydrogens is 204 g/mol. The van der Waals surface area contributed by atoms with E-state index in [1.807, 2.05) is 16.8 Å². The summed E-state index contributed by atoms with van der Waals surface area (Å²) in [5.74, 6) is 0.514. The van der Waals surface area contributed by atoms with E-state index in [9.17, 15) is 9.90 Å². The summed E-state index contributed by atoms with van der Waals surface area (Å²) in [6.45, 7) is 9.82. The first-order valence-electron chi connectivity index (χ1n) is 5.92. The number of hydrogen-bond acceptors (Lipinski definition) is 3. The quantitative estimate of drug-likeness (QED) is 0.767. The molecule has 1 atom stereocenters. The van der Waals surface area contributed by atoms with Crippen LogP contribution in [0.15, 0.2) is 0 Å². The number of carbonyl (C=O) groups excluding carboxylic acids is 1. The molecule has 1 rings (SSSR count). The summed E-state index contributed by atoms with van der Waals surface area (Å²) in [6, 6.07) is -0.387. The van der Waals surface area contributed by atoms with Crippen LogP contribution in [-0.2, 0) is 4.79 Å². The number of piperazine rings is 1. The SMILES string of the molecule is CC(C)CN1CC(C)(C)N(C)C(CO)C1=O. The number of nitrogens with zero attached hydrogens (tertiary/aromatic N) is 2. The Morgan fingerprint density at radius 1 is 1.50 bits per heavy atom. The Labute approximate surface area is 98.2 Å². The third kappa shape index (κ3) is 2.55. The van der Waals surface area contributed by atoms with Gasteiger partial charge < -0.3 is 10.0 Å². The molecule has 0 bridgehead atoms. The predicted octanol–water partition coefficient (Wildman–Crippen LogP) is 0.556. The van der Waals surface area contributed by atoms with Gasteiger partial charge in [-0.3, -0.25) is 9.69 Å². The lowest BCUT2D eigenvalue weighted by molar-refractivity contribution is -0.151. The molecule has 4 heteroatoms. The average molecular weight is 228 g/mol. The first-order chi connectivity index (χ1) is 7.29. The maximum atomic E-state index is 12.1. The highest BCUT2D eigenvalue weighted by molar-refractivity contribution is 5.83. The van der Waals surface area contributed by atoms with Crippen LogP contribution in [0.2, 0.25) is 0 Å². The van der Waals surface area contributed by atoms with Crippen molar-refractivity contribution in [1.82, 2.24) is 9.80 Å². The summed E-state index contributed by atoms with van der Waals surface area (Å²) < 4.78 is 0. The zero-order valence-corrected chi connectivity index (χ0v) is 11.0. The van der Waals surface area contributed by atoms with E-state index in [4.69, 9.17) is 0 Å². The normalized spacial score (nSPS) is 26.6. The van der Waals surface area contributed by atoms with Gasteiger partial charge in [0, 0.05) is 18.6 Å². The van der Waals surface area contributed by atoms with E-state index >= 15 is 0 Å². The van der Waals surface area contributed by atoms with Gasteiger partial charge in [0.2, 0.25) is 5.91 Å². The van der Waals surface area contributed by atoms with Gasteiger partial charge in [-0.2, -0.15) is 0 Å². The van der Waals surface area contributed by atoms with Crippen molar-refractivity contribution in [3.05, 3.63) is 0 Å². The van der Waals surface area contributed by atoms with Crippen LogP contribution < -0.4 is 0 Å². The van der Waals surface area contributed by atoms with E-state index < -0.39 is 0 Å². The predicted molar refractivity (Wildman–Crippen MR) is 64.1 cm³/mol. The van der Waals surface area contributed by atoms with Crippen molar-refractivity contribution in [3.8, 4) is 0 Å². The van der Waals surface area contributed by atoms with Gasteiger partial charge in [0.1, 0.15) is 6.04 Å². The standard InChI is InChI=1S/C12H24N2O2/c1-9(2)6-14-8-12(3,4)13(5)10(7-15)11(14)16/h9-10,15H,6-8H2,1-5H3. The van der Waals surface area contributed by atoms with E-state index in [1.54, 1.807) is 0 Å². The summed E-state index contributed by atoms with van der Waals surface area (Å²) in [5, 5.41) is 9.33. The highest BCUT2D eigenvalue weighted by Gasteiger charge is 2.42. The lowest BCUT2D eigenvalue weighted by atomic mass is 9.94.